The van der Waals surface area contributed by atoms with E-state index in [-0.39, 0.29) is 10.8 Å². The predicted molar refractivity (Wildman–Crippen MR) is 68.6 cm³/mol. The van der Waals surface area contributed by atoms with Crippen LogP contribution >= 0.6 is 11.6 Å². The molecule has 4 heteroatoms. The topological polar surface area (TPSA) is 26.0 Å². The van der Waals surface area contributed by atoms with Crippen molar-refractivity contribution in [1.29, 1.82) is 0 Å². The number of hydrogen-bond acceptors (Lipinski definition) is 1. The molecule has 0 aliphatic carbocycles. The predicted octanol–water partition coefficient (Wildman–Crippen LogP) is 3.97. The fourth-order valence-electron chi connectivity index (χ4n) is 1.76. The van der Waals surface area contributed by atoms with Gasteiger partial charge in [0.2, 0.25) is 0 Å². The maximum atomic E-state index is 13.4. The van der Waals surface area contributed by atoms with Crippen LogP contribution in [0.15, 0.2) is 36.4 Å². The van der Waals surface area contributed by atoms with E-state index in [4.69, 9.17) is 17.3 Å². The van der Waals surface area contributed by atoms with Crippen LogP contribution in [0.5, 0.6) is 0 Å². The molecule has 0 saturated heterocycles. The van der Waals surface area contributed by atoms with Crippen molar-refractivity contribution in [2.75, 3.05) is 0 Å². The number of benzene rings is 2. The number of hydrogen-bond donors (Lipinski definition) is 1. The highest BCUT2D eigenvalue weighted by Crippen LogP contribution is 2.24. The van der Waals surface area contributed by atoms with E-state index in [0.29, 0.717) is 11.1 Å². The molecule has 1 atom stereocenters. The first-order chi connectivity index (χ1) is 8.49. The molecule has 0 heterocycles. The first kappa shape index (κ1) is 13.0. The van der Waals surface area contributed by atoms with Crippen molar-refractivity contribution in [3.05, 3.63) is 69.7 Å². The molecule has 2 N–H and O–H groups in total. The second-order valence-corrected chi connectivity index (χ2v) is 4.57. The Bertz CT molecular complexity index is 533. The molecule has 0 radical (unpaired) electrons. The van der Waals surface area contributed by atoms with Gasteiger partial charge >= 0.3 is 0 Å². The van der Waals surface area contributed by atoms with Crippen LogP contribution in [0.4, 0.5) is 8.78 Å². The molecule has 0 saturated carbocycles. The summed E-state index contributed by atoms with van der Waals surface area (Å²) in [4.78, 5) is 0. The number of aryl methyl sites for hydroxylation is 1. The molecular weight excluding hydrogens is 256 g/mol. The average Bonchev–Trinajstić information content (AvgIpc) is 2.35. The zero-order chi connectivity index (χ0) is 13.3. The van der Waals surface area contributed by atoms with Gasteiger partial charge in [0.1, 0.15) is 11.6 Å². The third kappa shape index (κ3) is 2.52. The summed E-state index contributed by atoms with van der Waals surface area (Å²) < 4.78 is 26.5. The van der Waals surface area contributed by atoms with Crippen molar-refractivity contribution in [2.24, 2.45) is 5.73 Å². The van der Waals surface area contributed by atoms with Crippen molar-refractivity contribution in [3.8, 4) is 0 Å². The lowest BCUT2D eigenvalue weighted by atomic mass is 9.98. The Morgan fingerprint density at radius 2 is 1.61 bits per heavy atom. The number of rotatable bonds is 2. The van der Waals surface area contributed by atoms with E-state index in [1.807, 2.05) is 0 Å². The van der Waals surface area contributed by atoms with Gasteiger partial charge in [-0.2, -0.15) is 0 Å². The Labute approximate surface area is 109 Å². The summed E-state index contributed by atoms with van der Waals surface area (Å²) in [5, 5.41) is 0.0567. The van der Waals surface area contributed by atoms with Gasteiger partial charge in [0.05, 0.1) is 11.1 Å². The fraction of sp³-hybridized carbons (Fsp3) is 0.143. The molecule has 0 amide bonds. The lowest BCUT2D eigenvalue weighted by Gasteiger charge is -2.14. The second kappa shape index (κ2) is 5.04. The van der Waals surface area contributed by atoms with Crippen molar-refractivity contribution in [3.63, 3.8) is 0 Å². The summed E-state index contributed by atoms with van der Waals surface area (Å²) in [6.45, 7) is 1.66. The van der Waals surface area contributed by atoms with Crippen LogP contribution in [-0.4, -0.2) is 0 Å². The highest BCUT2D eigenvalue weighted by molar-refractivity contribution is 6.30. The largest absolute Gasteiger partial charge is 0.320 e. The normalized spacial score (nSPS) is 12.5. The Morgan fingerprint density at radius 3 is 2.22 bits per heavy atom. The first-order valence-corrected chi connectivity index (χ1v) is 5.83. The molecule has 0 aliphatic heterocycles. The van der Waals surface area contributed by atoms with Crippen molar-refractivity contribution in [1.82, 2.24) is 0 Å². The van der Waals surface area contributed by atoms with Crippen LogP contribution < -0.4 is 5.73 Å². The Morgan fingerprint density at radius 1 is 1.00 bits per heavy atom. The molecule has 1 unspecified atom stereocenters. The van der Waals surface area contributed by atoms with E-state index >= 15 is 0 Å². The summed E-state index contributed by atoms with van der Waals surface area (Å²) in [6, 6.07) is 8.53. The van der Waals surface area contributed by atoms with E-state index < -0.39 is 11.9 Å². The number of halogens is 3. The first-order valence-electron chi connectivity index (χ1n) is 5.45. The van der Waals surface area contributed by atoms with Gasteiger partial charge in [-0.3, -0.25) is 0 Å². The zero-order valence-electron chi connectivity index (χ0n) is 9.75. The monoisotopic (exact) mass is 267 g/mol. The van der Waals surface area contributed by atoms with Gasteiger partial charge in [0.25, 0.3) is 0 Å². The van der Waals surface area contributed by atoms with Gasteiger partial charge in [-0.05, 0) is 41.8 Å². The quantitative estimate of drug-likeness (QED) is 0.875. The summed E-state index contributed by atoms with van der Waals surface area (Å²) >= 11 is 5.61. The standard InChI is InChI=1S/C14H12ClF2N/c1-8-6-9(3-5-12(8)16)14(18)10-2-4-11(15)13(17)7-10/h2-7,14H,18H2,1H3. The Balaban J connectivity index is 2.37. The molecule has 2 aromatic rings. The maximum Gasteiger partial charge on any atom is 0.142 e. The molecule has 0 spiro atoms. The lowest BCUT2D eigenvalue weighted by molar-refractivity contribution is 0.615. The molecule has 0 aliphatic rings. The third-order valence-electron chi connectivity index (χ3n) is 2.84. The minimum absolute atomic E-state index is 0.0567. The minimum atomic E-state index is -0.511. The molecule has 1 nitrogen and oxygen atoms in total. The van der Waals surface area contributed by atoms with Gasteiger partial charge in [-0.15, -0.1) is 0 Å². The van der Waals surface area contributed by atoms with E-state index in [1.165, 1.54) is 18.2 Å². The molecule has 2 aromatic carbocycles. The van der Waals surface area contributed by atoms with Crippen LogP contribution in [0, 0.1) is 18.6 Å². The van der Waals surface area contributed by atoms with Gasteiger partial charge in [-0.1, -0.05) is 29.8 Å². The molecular formula is C14H12ClF2N. The van der Waals surface area contributed by atoms with Crippen molar-refractivity contribution in [2.45, 2.75) is 13.0 Å². The Kier molecular flexibility index (Phi) is 3.64. The summed E-state index contributed by atoms with van der Waals surface area (Å²) in [5.41, 5.74) is 7.87. The molecule has 0 aromatic heterocycles. The smallest absolute Gasteiger partial charge is 0.142 e. The highest BCUT2D eigenvalue weighted by atomic mass is 35.5. The number of nitrogens with two attached hydrogens (primary N) is 1. The molecule has 94 valence electrons. The van der Waals surface area contributed by atoms with Gasteiger partial charge < -0.3 is 5.73 Å². The summed E-state index contributed by atoms with van der Waals surface area (Å²) in [6.07, 6.45) is 0. The molecule has 0 bridgehead atoms. The molecule has 2 rings (SSSR count). The molecule has 18 heavy (non-hydrogen) atoms. The Hall–Kier alpha value is -1.45. The summed E-state index contributed by atoms with van der Waals surface area (Å²) in [7, 11) is 0. The van der Waals surface area contributed by atoms with Crippen LogP contribution in [0.25, 0.3) is 0 Å². The van der Waals surface area contributed by atoms with Gasteiger partial charge in [-0.25, -0.2) is 8.78 Å². The van der Waals surface area contributed by atoms with Crippen molar-refractivity contribution < 1.29 is 8.78 Å². The van der Waals surface area contributed by atoms with Crippen molar-refractivity contribution >= 4 is 11.6 Å². The fourth-order valence-corrected chi connectivity index (χ4v) is 1.88. The zero-order valence-corrected chi connectivity index (χ0v) is 10.5. The van der Waals surface area contributed by atoms with Gasteiger partial charge in [0.15, 0.2) is 0 Å². The van der Waals surface area contributed by atoms with E-state index in [0.717, 1.165) is 5.56 Å². The third-order valence-corrected chi connectivity index (χ3v) is 3.15. The maximum absolute atomic E-state index is 13.4. The van der Waals surface area contributed by atoms with Crippen LogP contribution in [0.2, 0.25) is 5.02 Å². The van der Waals surface area contributed by atoms with Crippen LogP contribution in [0.1, 0.15) is 22.7 Å². The second-order valence-electron chi connectivity index (χ2n) is 4.16. The van der Waals surface area contributed by atoms with Gasteiger partial charge in [0, 0.05) is 0 Å². The lowest BCUT2D eigenvalue weighted by Crippen LogP contribution is -2.12. The van der Waals surface area contributed by atoms with Crippen LogP contribution in [0.3, 0.4) is 0 Å². The summed E-state index contributed by atoms with van der Waals surface area (Å²) in [5.74, 6) is -0.795. The van der Waals surface area contributed by atoms with E-state index in [2.05, 4.69) is 0 Å². The SMILES string of the molecule is Cc1cc(C(N)c2ccc(Cl)c(F)c2)ccc1F. The molecule has 0 fully saturated rings. The van der Waals surface area contributed by atoms with E-state index in [9.17, 15) is 8.78 Å². The van der Waals surface area contributed by atoms with Crippen LogP contribution in [-0.2, 0) is 0 Å². The average molecular weight is 268 g/mol. The minimum Gasteiger partial charge on any atom is -0.320 e. The highest BCUT2D eigenvalue weighted by Gasteiger charge is 2.12. The van der Waals surface area contributed by atoms with E-state index in [1.54, 1.807) is 25.1 Å².